The second-order valence-corrected chi connectivity index (χ2v) is 11.8. The van der Waals surface area contributed by atoms with Crippen molar-refractivity contribution in [1.82, 2.24) is 14.9 Å². The minimum absolute atomic E-state index is 0.0512. The third-order valence-corrected chi connectivity index (χ3v) is 8.84. The van der Waals surface area contributed by atoms with Crippen molar-refractivity contribution in [2.45, 2.75) is 43.6 Å². The number of carboxylic acids is 1. The molecule has 1 N–H and O–H groups in total. The molecule has 7 nitrogen and oxygen atoms in total. The summed E-state index contributed by atoms with van der Waals surface area (Å²) in [5.41, 5.74) is 4.39. The maximum atomic E-state index is 11.5. The summed E-state index contributed by atoms with van der Waals surface area (Å²) in [7, 11) is 1.75. The zero-order chi connectivity index (χ0) is 29.3. The first-order chi connectivity index (χ1) is 20.2. The van der Waals surface area contributed by atoms with Crippen LogP contribution >= 0.6 is 34.8 Å². The summed E-state index contributed by atoms with van der Waals surface area (Å²) in [6.07, 6.45) is 2.84. The van der Waals surface area contributed by atoms with E-state index in [9.17, 15) is 9.90 Å². The molecule has 3 atom stereocenters. The molecule has 2 heterocycles. The van der Waals surface area contributed by atoms with Crippen LogP contribution in [0.1, 0.15) is 71.3 Å². The van der Waals surface area contributed by atoms with Gasteiger partial charge in [0.05, 0.1) is 22.5 Å². The molecule has 41 heavy (non-hydrogen) atoms. The van der Waals surface area contributed by atoms with Crippen LogP contribution < -0.4 is 4.74 Å². The van der Waals surface area contributed by atoms with E-state index in [1.165, 1.54) is 0 Å². The van der Waals surface area contributed by atoms with E-state index in [0.29, 0.717) is 48.8 Å². The molecule has 2 fully saturated rings. The van der Waals surface area contributed by atoms with Crippen LogP contribution in [0.2, 0.25) is 15.1 Å². The molecular weight excluding hydrogens is 585 g/mol. The van der Waals surface area contributed by atoms with Gasteiger partial charge in [-0.25, -0.2) is 4.79 Å². The largest absolute Gasteiger partial charge is 0.489 e. The third kappa shape index (κ3) is 4.76. The number of hydrogen-bond acceptors (Lipinski definition) is 5. The molecule has 2 saturated carbocycles. The number of carbonyl (C=O) groups is 1. The molecule has 2 aromatic heterocycles. The number of halogens is 3. The molecule has 2 aliphatic carbocycles. The normalized spacial score (nSPS) is 19.3. The number of nitrogens with zero attached hydrogens (tertiary/aromatic N) is 3. The Labute approximate surface area is 252 Å². The number of aromatic nitrogens is 3. The van der Waals surface area contributed by atoms with Crippen LogP contribution in [0.15, 0.2) is 59.1 Å². The smallest absolute Gasteiger partial charge is 0.357 e. The first kappa shape index (κ1) is 25.2. The lowest BCUT2D eigenvalue weighted by atomic mass is 10.0. The Hall–Kier alpha value is -3.52. The van der Waals surface area contributed by atoms with Crippen molar-refractivity contribution < 1.29 is 20.5 Å². The van der Waals surface area contributed by atoms with Crippen molar-refractivity contribution in [2.75, 3.05) is 0 Å². The molecule has 3 unspecified atom stereocenters. The third-order valence-electron chi connectivity index (χ3n) is 7.88. The van der Waals surface area contributed by atoms with Crippen LogP contribution in [0.25, 0.3) is 22.2 Å². The quantitative estimate of drug-likeness (QED) is 0.189. The van der Waals surface area contributed by atoms with E-state index < -0.39 is 12.6 Å². The first-order valence-electron chi connectivity index (χ1n) is 13.8. The lowest BCUT2D eigenvalue weighted by Gasteiger charge is -2.11. The predicted molar refractivity (Wildman–Crippen MR) is 157 cm³/mol. The highest BCUT2D eigenvalue weighted by Crippen LogP contribution is 2.56. The summed E-state index contributed by atoms with van der Waals surface area (Å²) >= 11 is 19.7. The molecule has 3 aromatic carbocycles. The number of fused-ring (bicyclic) bond motifs is 1. The van der Waals surface area contributed by atoms with E-state index in [-0.39, 0.29) is 23.4 Å². The Morgan fingerprint density at radius 3 is 2.59 bits per heavy atom. The second-order valence-electron chi connectivity index (χ2n) is 10.6. The SMILES string of the molecule is [2H]C(Oc1ccc(C2CC2c2ccc3c(C(=O)O)nn(C)c3c2)c(Cl)c1)c1c(-c2c(Cl)cccc2Cl)noc1C1CC1. The van der Waals surface area contributed by atoms with Gasteiger partial charge in [0.1, 0.15) is 23.8 Å². The molecule has 7 rings (SSSR count). The molecule has 0 amide bonds. The van der Waals surface area contributed by atoms with Crippen LogP contribution in [0.4, 0.5) is 0 Å². The van der Waals surface area contributed by atoms with Crippen LogP contribution in [0, 0.1) is 0 Å². The van der Waals surface area contributed by atoms with Gasteiger partial charge < -0.3 is 14.4 Å². The molecule has 2 aliphatic rings. The average molecular weight is 610 g/mol. The summed E-state index contributed by atoms with van der Waals surface area (Å²) in [6.45, 7) is -1.13. The van der Waals surface area contributed by atoms with Gasteiger partial charge in [-0.2, -0.15) is 5.10 Å². The van der Waals surface area contributed by atoms with E-state index in [2.05, 4.69) is 10.3 Å². The molecule has 5 aromatic rings. The lowest BCUT2D eigenvalue weighted by Crippen LogP contribution is -2.00. The van der Waals surface area contributed by atoms with Crippen LogP contribution in [-0.2, 0) is 13.6 Å². The Kier molecular flexibility index (Phi) is 6.20. The number of aryl methyl sites for hydroxylation is 1. The Morgan fingerprint density at radius 2 is 1.88 bits per heavy atom. The van der Waals surface area contributed by atoms with Gasteiger partial charge in [-0.05, 0) is 72.6 Å². The van der Waals surface area contributed by atoms with Crippen LogP contribution in [0.3, 0.4) is 0 Å². The first-order valence-corrected chi connectivity index (χ1v) is 14.4. The highest BCUT2D eigenvalue weighted by atomic mass is 35.5. The second kappa shape index (κ2) is 10.1. The molecule has 0 spiro atoms. The van der Waals surface area contributed by atoms with Gasteiger partial charge in [-0.15, -0.1) is 0 Å². The maximum Gasteiger partial charge on any atom is 0.357 e. The molecule has 10 heteroatoms. The highest BCUT2D eigenvalue weighted by Gasteiger charge is 2.41. The van der Waals surface area contributed by atoms with Crippen molar-refractivity contribution in [2.24, 2.45) is 7.05 Å². The molecule has 0 radical (unpaired) electrons. The number of ether oxygens (including phenoxy) is 1. The topological polar surface area (TPSA) is 90.4 Å². The molecular formula is C31H24Cl3N3O4. The Balaban J connectivity index is 1.13. The fourth-order valence-electron chi connectivity index (χ4n) is 5.55. The standard InChI is InChI=1S/C31H24Cl3N3O4/c1-37-26-11-16(7-9-19(26)29(35-37)31(38)39)20-13-21(20)18-10-8-17(12-25(18)34)40-14-22-28(36-41-30(22)15-5-6-15)27-23(32)3-2-4-24(27)33/h2-4,7-12,15,20-21H,5-6,13-14H2,1H3,(H,38,39)/i14D. The van der Waals surface area contributed by atoms with Crippen molar-refractivity contribution in [1.29, 1.82) is 0 Å². The fraction of sp³-hybridized carbons (Fsp3) is 0.258. The summed E-state index contributed by atoms with van der Waals surface area (Å²) in [5.74, 6) is 0.711. The summed E-state index contributed by atoms with van der Waals surface area (Å²) in [6, 6.07) is 16.5. The molecule has 0 saturated heterocycles. The number of benzene rings is 3. The van der Waals surface area contributed by atoms with Gasteiger partial charge >= 0.3 is 5.97 Å². The van der Waals surface area contributed by atoms with E-state index in [1.54, 1.807) is 36.0 Å². The number of hydrogen-bond donors (Lipinski definition) is 1. The predicted octanol–water partition coefficient (Wildman–Crippen LogP) is 8.61. The monoisotopic (exact) mass is 608 g/mol. The van der Waals surface area contributed by atoms with E-state index >= 15 is 0 Å². The fourth-order valence-corrected chi connectivity index (χ4v) is 6.43. The van der Waals surface area contributed by atoms with Gasteiger partial charge in [0.15, 0.2) is 5.69 Å². The van der Waals surface area contributed by atoms with Gasteiger partial charge in [0.25, 0.3) is 0 Å². The van der Waals surface area contributed by atoms with E-state index in [1.807, 2.05) is 30.3 Å². The lowest BCUT2D eigenvalue weighted by molar-refractivity contribution is 0.0691. The number of aromatic carboxylic acids is 1. The molecule has 0 bridgehead atoms. The van der Waals surface area contributed by atoms with Crippen molar-refractivity contribution in [3.8, 4) is 17.0 Å². The summed E-state index contributed by atoms with van der Waals surface area (Å²) < 4.78 is 22.3. The zero-order valence-electron chi connectivity index (χ0n) is 22.8. The number of carboxylic acid groups (broad SMARTS) is 1. The average Bonchev–Trinajstić information content (AvgIpc) is 3.88. The van der Waals surface area contributed by atoms with Gasteiger partial charge in [-0.3, -0.25) is 4.68 Å². The molecule has 208 valence electrons. The van der Waals surface area contributed by atoms with Gasteiger partial charge in [-0.1, -0.05) is 64.2 Å². The van der Waals surface area contributed by atoms with E-state index in [0.717, 1.165) is 35.9 Å². The van der Waals surface area contributed by atoms with Crippen molar-refractivity contribution in [3.05, 3.63) is 97.8 Å². The van der Waals surface area contributed by atoms with Crippen molar-refractivity contribution >= 4 is 51.7 Å². The van der Waals surface area contributed by atoms with Crippen LogP contribution in [-0.4, -0.2) is 26.0 Å². The minimum atomic E-state index is -1.13. The van der Waals surface area contributed by atoms with Crippen LogP contribution in [0.5, 0.6) is 5.75 Å². The summed E-state index contributed by atoms with van der Waals surface area (Å²) in [4.78, 5) is 11.5. The Morgan fingerprint density at radius 1 is 1.10 bits per heavy atom. The van der Waals surface area contributed by atoms with Gasteiger partial charge in [0.2, 0.25) is 0 Å². The zero-order valence-corrected chi connectivity index (χ0v) is 24.0. The van der Waals surface area contributed by atoms with Crippen molar-refractivity contribution in [3.63, 3.8) is 0 Å². The minimum Gasteiger partial charge on any atom is -0.489 e. The summed E-state index contributed by atoms with van der Waals surface area (Å²) in [5, 5.41) is 19.9. The van der Waals surface area contributed by atoms with Gasteiger partial charge in [0, 0.05) is 28.9 Å². The molecule has 0 aliphatic heterocycles. The Bertz CT molecular complexity index is 1860. The van der Waals surface area contributed by atoms with E-state index in [4.69, 9.17) is 45.4 Å². The number of rotatable bonds is 8. The maximum absolute atomic E-state index is 11.5. The highest BCUT2D eigenvalue weighted by molar-refractivity contribution is 6.39.